The lowest BCUT2D eigenvalue weighted by atomic mass is 10.1. The SMILES string of the molecule is Nc1ccc(-c2cccc(C(F)(F)F)c2)nc1CO. The van der Waals surface area contributed by atoms with Crippen molar-refractivity contribution in [2.75, 3.05) is 5.73 Å². The van der Waals surface area contributed by atoms with E-state index in [1.807, 2.05) is 0 Å². The van der Waals surface area contributed by atoms with Gasteiger partial charge in [-0.05, 0) is 24.3 Å². The number of anilines is 1. The summed E-state index contributed by atoms with van der Waals surface area (Å²) in [4.78, 5) is 4.04. The molecule has 0 unspecified atom stereocenters. The van der Waals surface area contributed by atoms with Crippen LogP contribution in [0.5, 0.6) is 0 Å². The van der Waals surface area contributed by atoms with Crippen molar-refractivity contribution in [3.8, 4) is 11.3 Å². The average Bonchev–Trinajstić information content (AvgIpc) is 2.38. The molecule has 0 fully saturated rings. The van der Waals surface area contributed by atoms with Crippen LogP contribution < -0.4 is 5.73 Å². The van der Waals surface area contributed by atoms with Crippen molar-refractivity contribution >= 4 is 5.69 Å². The molecule has 0 atom stereocenters. The molecule has 19 heavy (non-hydrogen) atoms. The highest BCUT2D eigenvalue weighted by molar-refractivity contribution is 5.63. The Labute approximate surface area is 107 Å². The van der Waals surface area contributed by atoms with Gasteiger partial charge in [-0.15, -0.1) is 0 Å². The molecule has 0 radical (unpaired) electrons. The molecule has 0 aliphatic rings. The zero-order valence-electron chi connectivity index (χ0n) is 9.78. The molecule has 3 N–H and O–H groups in total. The zero-order valence-corrected chi connectivity index (χ0v) is 9.78. The number of benzene rings is 1. The molecule has 2 aromatic rings. The molecule has 0 aliphatic heterocycles. The molecule has 0 amide bonds. The fourth-order valence-electron chi connectivity index (χ4n) is 1.65. The van der Waals surface area contributed by atoms with Gasteiger partial charge < -0.3 is 10.8 Å². The number of nitrogen functional groups attached to an aromatic ring is 1. The standard InChI is InChI=1S/C13H11F3N2O/c14-13(15,16)9-3-1-2-8(6-9)11-5-4-10(17)12(7-19)18-11/h1-6,19H,7,17H2. The van der Waals surface area contributed by atoms with Gasteiger partial charge in [0, 0.05) is 5.56 Å². The van der Waals surface area contributed by atoms with Crippen LogP contribution >= 0.6 is 0 Å². The van der Waals surface area contributed by atoms with Gasteiger partial charge in [0.05, 0.1) is 29.2 Å². The van der Waals surface area contributed by atoms with E-state index in [0.29, 0.717) is 16.9 Å². The minimum atomic E-state index is -4.40. The van der Waals surface area contributed by atoms with Crippen LogP contribution in [0.25, 0.3) is 11.3 Å². The molecular formula is C13H11F3N2O. The first-order valence-corrected chi connectivity index (χ1v) is 5.45. The third-order valence-corrected chi connectivity index (χ3v) is 2.64. The van der Waals surface area contributed by atoms with E-state index in [4.69, 9.17) is 10.8 Å². The highest BCUT2D eigenvalue weighted by atomic mass is 19.4. The normalized spacial score (nSPS) is 11.6. The highest BCUT2D eigenvalue weighted by Crippen LogP contribution is 2.32. The molecule has 0 saturated carbocycles. The van der Waals surface area contributed by atoms with Crippen molar-refractivity contribution in [1.82, 2.24) is 4.98 Å². The largest absolute Gasteiger partial charge is 0.416 e. The van der Waals surface area contributed by atoms with Gasteiger partial charge in [0.2, 0.25) is 0 Å². The third kappa shape index (κ3) is 2.85. The molecular weight excluding hydrogens is 257 g/mol. The van der Waals surface area contributed by atoms with Crippen LogP contribution in [0.15, 0.2) is 36.4 Å². The molecule has 1 aromatic heterocycles. The summed E-state index contributed by atoms with van der Waals surface area (Å²) < 4.78 is 37.8. The molecule has 0 aliphatic carbocycles. The summed E-state index contributed by atoms with van der Waals surface area (Å²) in [6.07, 6.45) is -4.40. The number of alkyl halides is 3. The van der Waals surface area contributed by atoms with Crippen molar-refractivity contribution in [3.63, 3.8) is 0 Å². The van der Waals surface area contributed by atoms with Crippen LogP contribution in [0.1, 0.15) is 11.3 Å². The van der Waals surface area contributed by atoms with Gasteiger partial charge >= 0.3 is 6.18 Å². The Kier molecular flexibility index (Phi) is 3.44. The van der Waals surface area contributed by atoms with Crippen molar-refractivity contribution in [3.05, 3.63) is 47.7 Å². The summed E-state index contributed by atoms with van der Waals surface area (Å²) in [5.74, 6) is 0. The predicted octanol–water partition coefficient (Wildman–Crippen LogP) is 2.84. The monoisotopic (exact) mass is 268 g/mol. The molecule has 2 rings (SSSR count). The lowest BCUT2D eigenvalue weighted by Crippen LogP contribution is -2.05. The van der Waals surface area contributed by atoms with E-state index < -0.39 is 11.7 Å². The maximum atomic E-state index is 12.6. The summed E-state index contributed by atoms with van der Waals surface area (Å²) in [7, 11) is 0. The minimum absolute atomic E-state index is 0.245. The van der Waals surface area contributed by atoms with Gasteiger partial charge in [0.15, 0.2) is 0 Å². The molecule has 1 heterocycles. The number of nitrogens with two attached hydrogens (primary N) is 1. The second-order valence-corrected chi connectivity index (χ2v) is 3.97. The van der Waals surface area contributed by atoms with Crippen molar-refractivity contribution in [1.29, 1.82) is 0 Å². The summed E-state index contributed by atoms with van der Waals surface area (Å²) in [5, 5.41) is 9.05. The number of hydrogen-bond donors (Lipinski definition) is 2. The third-order valence-electron chi connectivity index (χ3n) is 2.64. The molecule has 6 heteroatoms. The van der Waals surface area contributed by atoms with Crippen molar-refractivity contribution in [2.24, 2.45) is 0 Å². The molecule has 0 spiro atoms. The van der Waals surface area contributed by atoms with Gasteiger partial charge in [-0.2, -0.15) is 13.2 Å². The van der Waals surface area contributed by atoms with E-state index in [2.05, 4.69) is 4.98 Å². The fraction of sp³-hybridized carbons (Fsp3) is 0.154. The first-order chi connectivity index (χ1) is 8.91. The number of pyridine rings is 1. The maximum Gasteiger partial charge on any atom is 0.416 e. The maximum absolute atomic E-state index is 12.6. The Morgan fingerprint density at radius 3 is 2.53 bits per heavy atom. The highest BCUT2D eigenvalue weighted by Gasteiger charge is 2.30. The summed E-state index contributed by atoms with van der Waals surface area (Å²) in [6, 6.07) is 7.87. The van der Waals surface area contributed by atoms with Crippen LogP contribution in [0.4, 0.5) is 18.9 Å². The Balaban J connectivity index is 2.47. The second kappa shape index (κ2) is 4.89. The van der Waals surface area contributed by atoms with Gasteiger partial charge in [-0.25, -0.2) is 4.98 Å². The number of halogens is 3. The predicted molar refractivity (Wildman–Crippen MR) is 65.0 cm³/mol. The summed E-state index contributed by atoms with van der Waals surface area (Å²) in [6.45, 7) is -0.362. The van der Waals surface area contributed by atoms with E-state index in [0.717, 1.165) is 12.1 Å². The number of aliphatic hydroxyl groups is 1. The van der Waals surface area contributed by atoms with Crippen molar-refractivity contribution < 1.29 is 18.3 Å². The van der Waals surface area contributed by atoms with Crippen LogP contribution in [-0.4, -0.2) is 10.1 Å². The van der Waals surface area contributed by atoms with E-state index in [1.165, 1.54) is 24.3 Å². The van der Waals surface area contributed by atoms with Gasteiger partial charge in [-0.3, -0.25) is 0 Å². The Morgan fingerprint density at radius 1 is 1.16 bits per heavy atom. The van der Waals surface area contributed by atoms with Crippen LogP contribution in [0.3, 0.4) is 0 Å². The van der Waals surface area contributed by atoms with E-state index in [-0.39, 0.29) is 12.3 Å². The number of nitrogens with zero attached hydrogens (tertiary/aromatic N) is 1. The zero-order chi connectivity index (χ0) is 14.0. The van der Waals surface area contributed by atoms with Crippen LogP contribution in [0.2, 0.25) is 0 Å². The number of rotatable bonds is 2. The molecule has 100 valence electrons. The summed E-state index contributed by atoms with van der Waals surface area (Å²) in [5.41, 5.74) is 6.04. The molecule has 0 saturated heterocycles. The molecule has 0 bridgehead atoms. The number of aliphatic hydroxyl groups excluding tert-OH is 1. The van der Waals surface area contributed by atoms with E-state index in [1.54, 1.807) is 0 Å². The number of hydrogen-bond acceptors (Lipinski definition) is 3. The molecule has 1 aromatic carbocycles. The Morgan fingerprint density at radius 2 is 1.89 bits per heavy atom. The quantitative estimate of drug-likeness (QED) is 0.880. The van der Waals surface area contributed by atoms with Gasteiger partial charge in [-0.1, -0.05) is 12.1 Å². The fourth-order valence-corrected chi connectivity index (χ4v) is 1.65. The van der Waals surface area contributed by atoms with Crippen LogP contribution in [0, 0.1) is 0 Å². The molecule has 3 nitrogen and oxygen atoms in total. The van der Waals surface area contributed by atoms with Crippen LogP contribution in [-0.2, 0) is 12.8 Å². The smallest absolute Gasteiger partial charge is 0.397 e. The number of aromatic nitrogens is 1. The Hall–Kier alpha value is -2.08. The Bertz CT molecular complexity index is 597. The van der Waals surface area contributed by atoms with Gasteiger partial charge in [0.1, 0.15) is 0 Å². The van der Waals surface area contributed by atoms with Gasteiger partial charge in [0.25, 0.3) is 0 Å². The van der Waals surface area contributed by atoms with Crippen molar-refractivity contribution in [2.45, 2.75) is 12.8 Å². The topological polar surface area (TPSA) is 59.1 Å². The lowest BCUT2D eigenvalue weighted by Gasteiger charge is -2.09. The second-order valence-electron chi connectivity index (χ2n) is 3.97. The first-order valence-electron chi connectivity index (χ1n) is 5.45. The van der Waals surface area contributed by atoms with E-state index >= 15 is 0 Å². The van der Waals surface area contributed by atoms with E-state index in [9.17, 15) is 13.2 Å². The minimum Gasteiger partial charge on any atom is -0.397 e. The first kappa shape index (κ1) is 13.4. The summed E-state index contributed by atoms with van der Waals surface area (Å²) >= 11 is 0. The average molecular weight is 268 g/mol. The lowest BCUT2D eigenvalue weighted by molar-refractivity contribution is -0.137.